The number of ether oxygens (including phenoxy) is 5. The van der Waals surface area contributed by atoms with Crippen molar-refractivity contribution in [3.05, 3.63) is 65.7 Å². The van der Waals surface area contributed by atoms with Gasteiger partial charge in [-0.25, -0.2) is 4.79 Å². The second-order valence-corrected chi connectivity index (χ2v) is 6.20. The zero-order valence-corrected chi connectivity index (χ0v) is 17.2. The Bertz CT molecular complexity index is 789. The molecule has 2 aromatic carbocycles. The second kappa shape index (κ2) is 14.8. The lowest BCUT2D eigenvalue weighted by molar-refractivity contribution is -0.139. The lowest BCUT2D eigenvalue weighted by atomic mass is 10.1. The van der Waals surface area contributed by atoms with Crippen LogP contribution in [0.25, 0.3) is 0 Å². The van der Waals surface area contributed by atoms with Gasteiger partial charge in [0.2, 0.25) is 0 Å². The molecule has 0 fully saturated rings. The molecular formula is C23H26O8. The number of carbonyl (C=O) groups excluding carboxylic acids is 3. The van der Waals surface area contributed by atoms with E-state index >= 15 is 0 Å². The third-order valence-electron chi connectivity index (χ3n) is 3.94. The summed E-state index contributed by atoms with van der Waals surface area (Å²) in [6.45, 7) is 2.54. The number of Topliss-reactive ketones (excluding diaryl/α,β-unsaturated/α-hetero) is 1. The first-order valence-electron chi connectivity index (χ1n) is 9.88. The van der Waals surface area contributed by atoms with E-state index in [2.05, 4.69) is 0 Å². The first-order chi connectivity index (χ1) is 15.2. The molecule has 166 valence electrons. The smallest absolute Gasteiger partial charge is 0.379 e. The summed E-state index contributed by atoms with van der Waals surface area (Å²) in [5.41, 5.74) is 0.896. The maximum atomic E-state index is 11.8. The molecule has 8 heteroatoms. The van der Waals surface area contributed by atoms with E-state index in [9.17, 15) is 14.4 Å². The topological polar surface area (TPSA) is 97.4 Å². The Kier molecular flexibility index (Phi) is 11.6. The molecule has 31 heavy (non-hydrogen) atoms. The molecule has 0 aliphatic carbocycles. The summed E-state index contributed by atoms with van der Waals surface area (Å²) < 4.78 is 26.4. The monoisotopic (exact) mass is 430 g/mol. The number of esters is 1. The number of rotatable bonds is 16. The van der Waals surface area contributed by atoms with Crippen LogP contribution < -0.4 is 4.74 Å². The molecule has 0 aromatic heterocycles. The molecule has 0 aliphatic heterocycles. The van der Waals surface area contributed by atoms with Gasteiger partial charge in [0, 0.05) is 11.1 Å². The zero-order valence-electron chi connectivity index (χ0n) is 17.2. The third kappa shape index (κ3) is 9.99. The summed E-state index contributed by atoms with van der Waals surface area (Å²) in [4.78, 5) is 34.0. The summed E-state index contributed by atoms with van der Waals surface area (Å²) in [5.74, 6) is -0.895. The van der Waals surface area contributed by atoms with Crippen molar-refractivity contribution in [2.45, 2.75) is 0 Å². The number of benzene rings is 2. The van der Waals surface area contributed by atoms with E-state index in [1.165, 1.54) is 0 Å². The number of ketones is 1. The molecule has 0 bridgehead atoms. The van der Waals surface area contributed by atoms with Crippen molar-refractivity contribution in [2.24, 2.45) is 0 Å². The maximum absolute atomic E-state index is 11.8. The Hall–Kier alpha value is -3.07. The molecule has 0 atom stereocenters. The Balaban J connectivity index is 1.36. The van der Waals surface area contributed by atoms with Crippen LogP contribution in [0.3, 0.4) is 0 Å². The van der Waals surface area contributed by atoms with E-state index in [4.69, 9.17) is 23.7 Å². The normalized spacial score (nSPS) is 10.5. The Labute approximate surface area is 181 Å². The fraction of sp³-hybridized carbons (Fsp3) is 0.348. The van der Waals surface area contributed by atoms with E-state index in [0.717, 1.165) is 6.29 Å². The minimum Gasteiger partial charge on any atom is -0.491 e. The number of aldehydes is 1. The minimum atomic E-state index is -0.898. The van der Waals surface area contributed by atoms with Crippen LogP contribution in [0.15, 0.2) is 54.6 Å². The highest BCUT2D eigenvalue weighted by atomic mass is 16.6. The quantitative estimate of drug-likeness (QED) is 0.132. The van der Waals surface area contributed by atoms with Crippen LogP contribution in [0.1, 0.15) is 20.7 Å². The zero-order chi connectivity index (χ0) is 22.2. The van der Waals surface area contributed by atoms with E-state index in [-0.39, 0.29) is 13.2 Å². The molecule has 0 N–H and O–H groups in total. The summed E-state index contributed by atoms with van der Waals surface area (Å²) in [6.07, 6.45) is 0.780. The van der Waals surface area contributed by atoms with Gasteiger partial charge in [-0.2, -0.15) is 0 Å². The summed E-state index contributed by atoms with van der Waals surface area (Å²) in [5, 5.41) is 0. The lowest BCUT2D eigenvalue weighted by Gasteiger charge is -2.08. The predicted octanol–water partition coefficient (Wildman–Crippen LogP) is 2.35. The molecule has 0 heterocycles. The van der Waals surface area contributed by atoms with Gasteiger partial charge >= 0.3 is 5.97 Å². The highest BCUT2D eigenvalue weighted by Gasteiger charge is 2.16. The van der Waals surface area contributed by atoms with Crippen LogP contribution in [0.4, 0.5) is 0 Å². The molecular weight excluding hydrogens is 404 g/mol. The van der Waals surface area contributed by atoms with Gasteiger partial charge in [-0.15, -0.1) is 0 Å². The van der Waals surface area contributed by atoms with Gasteiger partial charge in [0.1, 0.15) is 25.2 Å². The fourth-order valence-electron chi connectivity index (χ4n) is 2.37. The van der Waals surface area contributed by atoms with Crippen molar-refractivity contribution in [2.75, 3.05) is 52.9 Å². The lowest BCUT2D eigenvalue weighted by Crippen LogP contribution is -2.20. The van der Waals surface area contributed by atoms with Gasteiger partial charge in [-0.1, -0.05) is 30.3 Å². The van der Waals surface area contributed by atoms with E-state index in [1.54, 1.807) is 54.6 Å². The molecule has 0 aliphatic rings. The Morgan fingerprint density at radius 2 is 1.23 bits per heavy atom. The fourth-order valence-corrected chi connectivity index (χ4v) is 2.37. The van der Waals surface area contributed by atoms with Crippen molar-refractivity contribution in [3.8, 4) is 5.75 Å². The van der Waals surface area contributed by atoms with E-state index in [0.29, 0.717) is 56.5 Å². The van der Waals surface area contributed by atoms with Crippen LogP contribution in [0.5, 0.6) is 5.75 Å². The van der Waals surface area contributed by atoms with Gasteiger partial charge in [0.05, 0.1) is 39.6 Å². The molecule has 0 saturated carbocycles. The highest BCUT2D eigenvalue weighted by Crippen LogP contribution is 2.10. The standard InChI is InChI=1S/C23H26O8/c24-18-19-6-8-21(9-7-19)30-16-14-28-12-10-27-11-13-29-15-17-31-23(26)22(25)20-4-2-1-3-5-20/h1-9,18H,10-17H2. The largest absolute Gasteiger partial charge is 0.491 e. The average molecular weight is 430 g/mol. The van der Waals surface area contributed by atoms with Crippen LogP contribution >= 0.6 is 0 Å². The predicted molar refractivity (Wildman–Crippen MR) is 112 cm³/mol. The first kappa shape index (κ1) is 24.2. The first-order valence-corrected chi connectivity index (χ1v) is 9.88. The molecule has 0 saturated heterocycles. The van der Waals surface area contributed by atoms with Crippen molar-refractivity contribution < 1.29 is 38.1 Å². The van der Waals surface area contributed by atoms with Crippen LogP contribution in [0, 0.1) is 0 Å². The Morgan fingerprint density at radius 3 is 1.81 bits per heavy atom. The summed E-state index contributed by atoms with van der Waals surface area (Å²) in [6, 6.07) is 15.1. The van der Waals surface area contributed by atoms with Crippen LogP contribution in [-0.4, -0.2) is 70.9 Å². The average Bonchev–Trinajstić information content (AvgIpc) is 2.82. The molecule has 0 radical (unpaired) electrons. The van der Waals surface area contributed by atoms with Crippen molar-refractivity contribution >= 4 is 18.0 Å². The van der Waals surface area contributed by atoms with Gasteiger partial charge in [0.15, 0.2) is 0 Å². The van der Waals surface area contributed by atoms with Crippen molar-refractivity contribution in [1.82, 2.24) is 0 Å². The number of hydrogen-bond acceptors (Lipinski definition) is 8. The summed E-state index contributed by atoms with van der Waals surface area (Å²) in [7, 11) is 0. The van der Waals surface area contributed by atoms with Crippen LogP contribution in [-0.2, 0) is 23.7 Å². The van der Waals surface area contributed by atoms with E-state index in [1.807, 2.05) is 0 Å². The number of hydrogen-bond donors (Lipinski definition) is 0. The number of carbonyl (C=O) groups is 3. The molecule has 0 amide bonds. The molecule has 2 aromatic rings. The molecule has 0 unspecified atom stereocenters. The maximum Gasteiger partial charge on any atom is 0.379 e. The van der Waals surface area contributed by atoms with Gasteiger partial charge in [-0.3, -0.25) is 9.59 Å². The third-order valence-corrected chi connectivity index (χ3v) is 3.94. The van der Waals surface area contributed by atoms with Crippen molar-refractivity contribution in [1.29, 1.82) is 0 Å². The minimum absolute atomic E-state index is 0.00160. The Morgan fingerprint density at radius 1 is 0.677 bits per heavy atom. The highest BCUT2D eigenvalue weighted by molar-refractivity contribution is 6.40. The second-order valence-electron chi connectivity index (χ2n) is 6.20. The van der Waals surface area contributed by atoms with Gasteiger partial charge < -0.3 is 23.7 Å². The van der Waals surface area contributed by atoms with E-state index < -0.39 is 11.8 Å². The molecule has 2 rings (SSSR count). The van der Waals surface area contributed by atoms with Gasteiger partial charge in [0.25, 0.3) is 5.78 Å². The molecule has 8 nitrogen and oxygen atoms in total. The van der Waals surface area contributed by atoms with Crippen LogP contribution in [0.2, 0.25) is 0 Å². The molecule has 0 spiro atoms. The SMILES string of the molecule is O=Cc1ccc(OCCOCCOCCOCCOC(=O)C(=O)c2ccccc2)cc1. The summed E-state index contributed by atoms with van der Waals surface area (Å²) >= 11 is 0. The van der Waals surface area contributed by atoms with Crippen molar-refractivity contribution in [3.63, 3.8) is 0 Å². The van der Waals surface area contributed by atoms with Gasteiger partial charge in [-0.05, 0) is 24.3 Å².